The molecule has 2 fully saturated rings. The fraction of sp³-hybridized carbons (Fsp3) is 0.625. The van der Waals surface area contributed by atoms with Crippen LogP contribution in [0.25, 0.3) is 0 Å². The molecular formula is C16H22F2N2. The van der Waals surface area contributed by atoms with E-state index in [4.69, 9.17) is 5.84 Å². The highest BCUT2D eigenvalue weighted by Crippen LogP contribution is 2.49. The average Bonchev–Trinajstić information content (AvgIpc) is 2.30. The lowest BCUT2D eigenvalue weighted by molar-refractivity contribution is 0.0594. The van der Waals surface area contributed by atoms with Crippen molar-refractivity contribution in [2.45, 2.75) is 44.6 Å². The Balaban J connectivity index is 1.86. The topological polar surface area (TPSA) is 38.0 Å². The molecule has 3 rings (SSSR count). The maximum absolute atomic E-state index is 13.5. The molecule has 110 valence electrons. The van der Waals surface area contributed by atoms with Crippen molar-refractivity contribution in [1.82, 2.24) is 5.43 Å². The van der Waals surface area contributed by atoms with Gasteiger partial charge in [0, 0.05) is 6.04 Å². The number of hydrogen-bond acceptors (Lipinski definition) is 2. The first-order valence-corrected chi connectivity index (χ1v) is 7.62. The summed E-state index contributed by atoms with van der Waals surface area (Å²) >= 11 is 0. The summed E-state index contributed by atoms with van der Waals surface area (Å²) in [5, 5.41) is 0. The van der Waals surface area contributed by atoms with Gasteiger partial charge in [0.05, 0.1) is 0 Å². The fourth-order valence-corrected chi connectivity index (χ4v) is 3.71. The molecular weight excluding hydrogens is 258 g/mol. The molecule has 2 aliphatic carbocycles. The highest BCUT2D eigenvalue weighted by molar-refractivity contribution is 5.23. The average molecular weight is 280 g/mol. The monoisotopic (exact) mass is 280 g/mol. The van der Waals surface area contributed by atoms with E-state index in [-0.39, 0.29) is 6.04 Å². The van der Waals surface area contributed by atoms with Crippen LogP contribution in [0.15, 0.2) is 18.2 Å². The molecule has 0 aliphatic heterocycles. The number of nitrogens with one attached hydrogen (secondary N) is 1. The molecule has 3 N–H and O–H groups in total. The van der Waals surface area contributed by atoms with Gasteiger partial charge in [0.25, 0.3) is 0 Å². The first-order valence-electron chi connectivity index (χ1n) is 7.62. The zero-order chi connectivity index (χ0) is 14.1. The first-order chi connectivity index (χ1) is 9.70. The predicted molar refractivity (Wildman–Crippen MR) is 74.6 cm³/mol. The molecule has 0 radical (unpaired) electrons. The van der Waals surface area contributed by atoms with Gasteiger partial charge in [-0.25, -0.2) is 8.78 Å². The van der Waals surface area contributed by atoms with E-state index in [0.717, 1.165) is 5.56 Å². The minimum absolute atomic E-state index is 0.0688. The molecule has 0 heterocycles. The van der Waals surface area contributed by atoms with E-state index < -0.39 is 11.6 Å². The van der Waals surface area contributed by atoms with E-state index in [1.54, 1.807) is 6.07 Å². The van der Waals surface area contributed by atoms with E-state index in [0.29, 0.717) is 17.8 Å². The van der Waals surface area contributed by atoms with Crippen molar-refractivity contribution >= 4 is 0 Å². The minimum Gasteiger partial charge on any atom is -0.271 e. The maximum Gasteiger partial charge on any atom is 0.159 e. The first kappa shape index (κ1) is 14.0. The van der Waals surface area contributed by atoms with E-state index >= 15 is 0 Å². The summed E-state index contributed by atoms with van der Waals surface area (Å²) in [6, 6.07) is 4.09. The van der Waals surface area contributed by atoms with E-state index in [1.807, 2.05) is 0 Å². The van der Waals surface area contributed by atoms with Gasteiger partial charge in [0.2, 0.25) is 0 Å². The summed E-state index contributed by atoms with van der Waals surface area (Å²) in [5.74, 6) is 5.98. The summed E-state index contributed by atoms with van der Waals surface area (Å²) in [6.45, 7) is 0. The normalized spacial score (nSPS) is 21.6. The van der Waals surface area contributed by atoms with Crippen LogP contribution in [0.5, 0.6) is 0 Å². The van der Waals surface area contributed by atoms with Gasteiger partial charge in [0.15, 0.2) is 11.6 Å². The molecule has 0 spiro atoms. The molecule has 1 atom stereocenters. The van der Waals surface area contributed by atoms with Crippen LogP contribution in [0.2, 0.25) is 0 Å². The third-order valence-electron chi connectivity index (χ3n) is 5.26. The fourth-order valence-electron chi connectivity index (χ4n) is 3.71. The minimum atomic E-state index is -0.798. The van der Waals surface area contributed by atoms with Crippen molar-refractivity contribution in [3.63, 3.8) is 0 Å². The van der Waals surface area contributed by atoms with Gasteiger partial charge in [-0.3, -0.25) is 11.3 Å². The van der Waals surface area contributed by atoms with Gasteiger partial charge in [-0.15, -0.1) is 0 Å². The van der Waals surface area contributed by atoms with Gasteiger partial charge in [0.1, 0.15) is 0 Å². The lowest BCUT2D eigenvalue weighted by atomic mass is 9.61. The number of hydrazine groups is 1. The Morgan fingerprint density at radius 2 is 1.60 bits per heavy atom. The lowest BCUT2D eigenvalue weighted by Crippen LogP contribution is -2.44. The van der Waals surface area contributed by atoms with Gasteiger partial charge in [-0.1, -0.05) is 44.6 Å². The third-order valence-corrected chi connectivity index (χ3v) is 5.26. The Morgan fingerprint density at radius 1 is 1.00 bits per heavy atom. The van der Waals surface area contributed by atoms with Gasteiger partial charge < -0.3 is 0 Å². The lowest BCUT2D eigenvalue weighted by Gasteiger charge is -2.46. The molecule has 2 nitrogen and oxygen atoms in total. The Hall–Kier alpha value is -1.00. The molecule has 1 unspecified atom stereocenters. The summed E-state index contributed by atoms with van der Waals surface area (Å²) in [7, 11) is 0. The number of hydrogen-bond donors (Lipinski definition) is 2. The van der Waals surface area contributed by atoms with E-state index in [9.17, 15) is 8.78 Å². The van der Waals surface area contributed by atoms with Crippen LogP contribution in [0.1, 0.15) is 50.1 Å². The summed E-state index contributed by atoms with van der Waals surface area (Å²) in [5.41, 5.74) is 3.65. The summed E-state index contributed by atoms with van der Waals surface area (Å²) in [4.78, 5) is 0. The molecule has 2 aliphatic rings. The standard InChI is InChI=1S/C16H22F2N2/c17-13-8-7-12(9-14(13)18)16(20-19)15(10-3-1-4-10)11-5-2-6-11/h7-11,15-16,20H,1-6,19H2. The zero-order valence-corrected chi connectivity index (χ0v) is 11.6. The highest BCUT2D eigenvalue weighted by atomic mass is 19.2. The molecule has 0 amide bonds. The molecule has 1 aromatic carbocycles. The Labute approximate surface area is 118 Å². The molecule has 0 bridgehead atoms. The summed E-state index contributed by atoms with van der Waals surface area (Å²) in [6.07, 6.45) is 7.52. The Bertz CT molecular complexity index is 456. The van der Waals surface area contributed by atoms with Crippen molar-refractivity contribution in [2.24, 2.45) is 23.6 Å². The second-order valence-electron chi connectivity index (χ2n) is 6.28. The summed E-state index contributed by atoms with van der Waals surface area (Å²) < 4.78 is 26.6. The van der Waals surface area contributed by atoms with Crippen LogP contribution < -0.4 is 11.3 Å². The Morgan fingerprint density at radius 3 is 2.00 bits per heavy atom. The smallest absolute Gasteiger partial charge is 0.159 e. The molecule has 0 saturated heterocycles. The van der Waals surface area contributed by atoms with Crippen molar-refractivity contribution in [2.75, 3.05) is 0 Å². The van der Waals surface area contributed by atoms with Gasteiger partial charge in [-0.2, -0.15) is 0 Å². The molecule has 4 heteroatoms. The van der Waals surface area contributed by atoms with Crippen LogP contribution in [0, 0.1) is 29.4 Å². The third kappa shape index (κ3) is 2.47. The number of benzene rings is 1. The van der Waals surface area contributed by atoms with Crippen molar-refractivity contribution in [3.8, 4) is 0 Å². The Kier molecular flexibility index (Phi) is 4.03. The van der Waals surface area contributed by atoms with Crippen molar-refractivity contribution in [1.29, 1.82) is 0 Å². The number of nitrogens with two attached hydrogens (primary N) is 1. The molecule has 0 aromatic heterocycles. The SMILES string of the molecule is NNC(c1ccc(F)c(F)c1)C(C1CCC1)C1CCC1. The highest BCUT2D eigenvalue weighted by Gasteiger charge is 2.41. The van der Waals surface area contributed by atoms with Crippen LogP contribution >= 0.6 is 0 Å². The zero-order valence-electron chi connectivity index (χ0n) is 11.6. The van der Waals surface area contributed by atoms with Crippen molar-refractivity contribution < 1.29 is 8.78 Å². The number of rotatable bonds is 5. The molecule has 1 aromatic rings. The second-order valence-corrected chi connectivity index (χ2v) is 6.28. The molecule has 20 heavy (non-hydrogen) atoms. The van der Waals surface area contributed by atoms with Crippen LogP contribution in [0.4, 0.5) is 8.78 Å². The second kappa shape index (κ2) is 5.78. The number of halogens is 2. The van der Waals surface area contributed by atoms with Gasteiger partial charge in [-0.05, 0) is 35.4 Å². The van der Waals surface area contributed by atoms with Crippen molar-refractivity contribution in [3.05, 3.63) is 35.4 Å². The maximum atomic E-state index is 13.5. The van der Waals surface area contributed by atoms with Gasteiger partial charge >= 0.3 is 0 Å². The van der Waals surface area contributed by atoms with Crippen LogP contribution in [-0.4, -0.2) is 0 Å². The van der Waals surface area contributed by atoms with E-state index in [1.165, 1.54) is 50.7 Å². The van der Waals surface area contributed by atoms with Crippen LogP contribution in [-0.2, 0) is 0 Å². The van der Waals surface area contributed by atoms with Crippen LogP contribution in [0.3, 0.4) is 0 Å². The van der Waals surface area contributed by atoms with E-state index in [2.05, 4.69) is 5.43 Å². The predicted octanol–water partition coefficient (Wildman–Crippen LogP) is 3.69. The molecule has 2 saturated carbocycles. The largest absolute Gasteiger partial charge is 0.271 e. The quantitative estimate of drug-likeness (QED) is 0.637.